The number of carbonyl (C=O) groups excluding carboxylic acids is 1. The molecule has 1 amide bonds. The number of ether oxygens (including phenoxy) is 1. The van der Waals surface area contributed by atoms with Crippen LogP contribution in [-0.4, -0.2) is 38.0 Å². The van der Waals surface area contributed by atoms with Crippen LogP contribution in [0.5, 0.6) is 5.75 Å². The molecular weight excluding hydrogens is 324 g/mol. The summed E-state index contributed by atoms with van der Waals surface area (Å²) in [5.41, 5.74) is 0.756. The van der Waals surface area contributed by atoms with Crippen LogP contribution in [0.1, 0.15) is 19.4 Å². The van der Waals surface area contributed by atoms with Crippen molar-refractivity contribution in [1.29, 1.82) is 0 Å². The average molecular weight is 342 g/mol. The van der Waals surface area contributed by atoms with Gasteiger partial charge in [0, 0.05) is 6.07 Å². The number of aryl methyl sites for hydroxylation is 1. The van der Waals surface area contributed by atoms with Gasteiger partial charge in [0.1, 0.15) is 11.8 Å². The first-order valence-corrected chi connectivity index (χ1v) is 8.42. The van der Waals surface area contributed by atoms with Crippen molar-refractivity contribution in [2.75, 3.05) is 11.9 Å². The van der Waals surface area contributed by atoms with E-state index < -0.39 is 28.0 Å². The molecule has 0 saturated carbocycles. The van der Waals surface area contributed by atoms with E-state index in [0.29, 0.717) is 11.3 Å². The number of fused-ring (bicyclic) bond motifs is 1. The number of rotatable bonds is 5. The van der Waals surface area contributed by atoms with Crippen LogP contribution in [-0.2, 0) is 19.6 Å². The second kappa shape index (κ2) is 6.17. The van der Waals surface area contributed by atoms with Crippen LogP contribution in [0.2, 0.25) is 0 Å². The number of hydrogen-bond donors (Lipinski definition) is 3. The summed E-state index contributed by atoms with van der Waals surface area (Å²) >= 11 is 0. The number of carbonyl (C=O) groups is 2. The van der Waals surface area contributed by atoms with Crippen LogP contribution in [0, 0.1) is 12.8 Å². The zero-order chi connectivity index (χ0) is 17.4. The van der Waals surface area contributed by atoms with Crippen LogP contribution in [0.3, 0.4) is 0 Å². The first-order chi connectivity index (χ1) is 10.6. The van der Waals surface area contributed by atoms with Crippen molar-refractivity contribution in [2.24, 2.45) is 5.92 Å². The molecule has 23 heavy (non-hydrogen) atoms. The Morgan fingerprint density at radius 1 is 1.39 bits per heavy atom. The summed E-state index contributed by atoms with van der Waals surface area (Å²) in [6.45, 7) is 4.58. The maximum Gasteiger partial charge on any atom is 0.322 e. The van der Waals surface area contributed by atoms with Gasteiger partial charge in [-0.15, -0.1) is 0 Å². The van der Waals surface area contributed by atoms with Crippen LogP contribution in [0.4, 0.5) is 5.69 Å². The molecule has 8 nitrogen and oxygen atoms in total. The number of amides is 1. The van der Waals surface area contributed by atoms with Crippen LogP contribution in [0.15, 0.2) is 17.0 Å². The number of sulfonamides is 1. The fourth-order valence-corrected chi connectivity index (χ4v) is 3.79. The van der Waals surface area contributed by atoms with Gasteiger partial charge >= 0.3 is 5.97 Å². The SMILES string of the molecule is Cc1cc2c(cc1S(=O)(=O)N[C@H](C(=O)O)C(C)C)OCC(=O)N2. The molecule has 0 fully saturated rings. The average Bonchev–Trinajstić information content (AvgIpc) is 2.43. The highest BCUT2D eigenvalue weighted by Crippen LogP contribution is 2.33. The lowest BCUT2D eigenvalue weighted by molar-refractivity contribution is -0.140. The Labute approximate surface area is 133 Å². The van der Waals surface area contributed by atoms with Crippen molar-refractivity contribution in [3.05, 3.63) is 17.7 Å². The van der Waals surface area contributed by atoms with Gasteiger partial charge in [-0.2, -0.15) is 4.72 Å². The Morgan fingerprint density at radius 3 is 2.61 bits per heavy atom. The molecule has 1 atom stereocenters. The predicted octanol–water partition coefficient (Wildman–Crippen LogP) is 0.713. The molecule has 1 heterocycles. The second-order valence-electron chi connectivity index (χ2n) is 5.63. The molecule has 1 aliphatic heterocycles. The second-order valence-corrected chi connectivity index (χ2v) is 7.31. The molecule has 0 aliphatic carbocycles. The number of anilines is 1. The number of aliphatic carboxylic acids is 1. The normalized spacial score (nSPS) is 15.6. The van der Waals surface area contributed by atoms with E-state index in [1.165, 1.54) is 12.1 Å². The van der Waals surface area contributed by atoms with Crippen molar-refractivity contribution in [1.82, 2.24) is 4.72 Å². The van der Waals surface area contributed by atoms with Gasteiger partial charge in [-0.1, -0.05) is 13.8 Å². The molecule has 1 aromatic carbocycles. The van der Waals surface area contributed by atoms with E-state index in [4.69, 9.17) is 9.84 Å². The third kappa shape index (κ3) is 3.62. The standard InChI is InChI=1S/C14H18N2O6S/c1-7(2)13(14(18)19)16-23(20,21)11-5-10-9(4-8(11)3)15-12(17)6-22-10/h4-5,7,13,16H,6H2,1-3H3,(H,15,17)(H,18,19)/t13-/m0/s1. The Kier molecular flexibility index (Phi) is 4.62. The van der Waals surface area contributed by atoms with Crippen molar-refractivity contribution < 1.29 is 27.9 Å². The fourth-order valence-electron chi connectivity index (χ4n) is 2.21. The lowest BCUT2D eigenvalue weighted by Crippen LogP contribution is -2.44. The molecule has 0 radical (unpaired) electrons. The van der Waals surface area contributed by atoms with Crippen molar-refractivity contribution >= 4 is 27.6 Å². The summed E-state index contributed by atoms with van der Waals surface area (Å²) in [6.07, 6.45) is 0. The van der Waals surface area contributed by atoms with E-state index >= 15 is 0 Å². The third-order valence-electron chi connectivity index (χ3n) is 3.41. The van der Waals surface area contributed by atoms with E-state index in [1.807, 2.05) is 0 Å². The summed E-state index contributed by atoms with van der Waals surface area (Å²) in [6, 6.07) is 1.52. The molecule has 3 N–H and O–H groups in total. The minimum Gasteiger partial charge on any atom is -0.482 e. The van der Waals surface area contributed by atoms with Gasteiger partial charge in [0.15, 0.2) is 6.61 Å². The van der Waals surface area contributed by atoms with Crippen molar-refractivity contribution in [3.63, 3.8) is 0 Å². The first kappa shape index (κ1) is 17.2. The molecule has 0 saturated heterocycles. The maximum absolute atomic E-state index is 12.5. The zero-order valence-corrected chi connectivity index (χ0v) is 13.7. The third-order valence-corrected chi connectivity index (χ3v) is 5.00. The molecule has 1 aliphatic rings. The molecule has 9 heteroatoms. The molecular formula is C14H18N2O6S. The van der Waals surface area contributed by atoms with Gasteiger partial charge in [-0.05, 0) is 24.5 Å². The summed E-state index contributed by atoms with van der Waals surface area (Å²) in [4.78, 5) is 22.4. The van der Waals surface area contributed by atoms with Gasteiger partial charge in [-0.3, -0.25) is 9.59 Å². The van der Waals surface area contributed by atoms with E-state index in [-0.39, 0.29) is 23.2 Å². The van der Waals surface area contributed by atoms with Gasteiger partial charge in [0.25, 0.3) is 5.91 Å². The Hall–Kier alpha value is -2.13. The Morgan fingerprint density at radius 2 is 2.04 bits per heavy atom. The molecule has 0 bridgehead atoms. The molecule has 126 valence electrons. The Bertz CT molecular complexity index is 757. The van der Waals surface area contributed by atoms with Crippen molar-refractivity contribution in [3.8, 4) is 5.75 Å². The molecule has 2 rings (SSSR count). The van der Waals surface area contributed by atoms with Gasteiger partial charge in [-0.25, -0.2) is 8.42 Å². The largest absolute Gasteiger partial charge is 0.482 e. The molecule has 0 unspecified atom stereocenters. The highest BCUT2D eigenvalue weighted by atomic mass is 32.2. The number of hydrogen-bond acceptors (Lipinski definition) is 5. The van der Waals surface area contributed by atoms with Gasteiger partial charge in [0.05, 0.1) is 10.6 Å². The molecule has 0 aromatic heterocycles. The summed E-state index contributed by atoms with van der Waals surface area (Å²) < 4.78 is 32.4. The zero-order valence-electron chi connectivity index (χ0n) is 12.9. The number of carboxylic acids is 1. The number of benzene rings is 1. The maximum atomic E-state index is 12.5. The van der Waals surface area contributed by atoms with E-state index in [2.05, 4.69) is 10.0 Å². The van der Waals surface area contributed by atoms with Gasteiger partial charge in [0.2, 0.25) is 10.0 Å². The van der Waals surface area contributed by atoms with Crippen LogP contribution < -0.4 is 14.8 Å². The Balaban J connectivity index is 2.40. The monoisotopic (exact) mass is 342 g/mol. The molecule has 0 spiro atoms. The quantitative estimate of drug-likeness (QED) is 0.724. The van der Waals surface area contributed by atoms with E-state index in [1.54, 1.807) is 20.8 Å². The fraction of sp³-hybridized carbons (Fsp3) is 0.429. The van der Waals surface area contributed by atoms with Gasteiger partial charge < -0.3 is 15.2 Å². The highest BCUT2D eigenvalue weighted by Gasteiger charge is 2.30. The van der Waals surface area contributed by atoms with Crippen molar-refractivity contribution in [2.45, 2.75) is 31.7 Å². The first-order valence-electron chi connectivity index (χ1n) is 6.94. The predicted molar refractivity (Wildman–Crippen MR) is 81.9 cm³/mol. The van der Waals surface area contributed by atoms with E-state index in [0.717, 1.165) is 0 Å². The summed E-state index contributed by atoms with van der Waals surface area (Å²) in [5, 5.41) is 11.7. The smallest absolute Gasteiger partial charge is 0.322 e. The summed E-state index contributed by atoms with van der Waals surface area (Å²) in [5.74, 6) is -1.76. The lowest BCUT2D eigenvalue weighted by atomic mass is 10.1. The number of nitrogens with one attached hydrogen (secondary N) is 2. The lowest BCUT2D eigenvalue weighted by Gasteiger charge is -2.22. The topological polar surface area (TPSA) is 122 Å². The summed E-state index contributed by atoms with van der Waals surface area (Å²) in [7, 11) is -4.05. The highest BCUT2D eigenvalue weighted by molar-refractivity contribution is 7.89. The molecule has 1 aromatic rings. The minimum atomic E-state index is -4.05. The van der Waals surface area contributed by atoms with Crippen LogP contribution in [0.25, 0.3) is 0 Å². The van der Waals surface area contributed by atoms with E-state index in [9.17, 15) is 18.0 Å². The number of carboxylic acid groups (broad SMARTS) is 1. The minimum absolute atomic E-state index is 0.0840. The van der Waals surface area contributed by atoms with Crippen LogP contribution >= 0.6 is 0 Å².